The lowest BCUT2D eigenvalue weighted by Crippen LogP contribution is -2.38. The van der Waals surface area contributed by atoms with Crippen molar-refractivity contribution >= 4 is 5.84 Å². The molecule has 2 aliphatic rings. The van der Waals surface area contributed by atoms with Crippen LogP contribution in [0.3, 0.4) is 0 Å². The molecule has 3 rings (SSSR count). The fourth-order valence-electron chi connectivity index (χ4n) is 1.99. The van der Waals surface area contributed by atoms with Crippen LogP contribution in [0.1, 0.15) is 18.7 Å². The number of aromatic nitrogens is 2. The predicted molar refractivity (Wildman–Crippen MR) is 53.1 cm³/mol. The van der Waals surface area contributed by atoms with Gasteiger partial charge in [0, 0.05) is 31.4 Å². The van der Waals surface area contributed by atoms with Crippen molar-refractivity contribution in [1.29, 1.82) is 5.41 Å². The summed E-state index contributed by atoms with van der Waals surface area (Å²) in [4.78, 5) is 6.46. The van der Waals surface area contributed by atoms with Gasteiger partial charge in [0.1, 0.15) is 5.82 Å². The fraction of sp³-hybridized carbons (Fsp3) is 0.600. The predicted octanol–water partition coefficient (Wildman–Crippen LogP) is 1.09. The molecule has 1 fully saturated rings. The summed E-state index contributed by atoms with van der Waals surface area (Å²) in [5.41, 5.74) is 0. The molecule has 0 saturated heterocycles. The number of nitrogens with zero attached hydrogens (tertiary/aromatic N) is 3. The van der Waals surface area contributed by atoms with Gasteiger partial charge in [0.2, 0.25) is 0 Å². The first kappa shape index (κ1) is 8.03. The molecule has 1 aliphatic heterocycles. The van der Waals surface area contributed by atoms with Gasteiger partial charge < -0.3 is 9.47 Å². The van der Waals surface area contributed by atoms with E-state index in [0.29, 0.717) is 5.92 Å². The normalized spacial score (nSPS) is 20.7. The highest BCUT2D eigenvalue weighted by atomic mass is 15.3. The van der Waals surface area contributed by atoms with E-state index in [1.54, 1.807) is 0 Å². The second-order valence-corrected chi connectivity index (χ2v) is 4.12. The number of amidine groups is 1. The zero-order valence-electron chi connectivity index (χ0n) is 8.11. The van der Waals surface area contributed by atoms with Gasteiger partial charge in [-0.1, -0.05) is 0 Å². The van der Waals surface area contributed by atoms with Gasteiger partial charge in [-0.05, 0) is 12.8 Å². The lowest BCUT2D eigenvalue weighted by atomic mass is 10.3. The van der Waals surface area contributed by atoms with Crippen LogP contribution in [0.5, 0.6) is 0 Å². The highest BCUT2D eigenvalue weighted by Crippen LogP contribution is 2.32. The second kappa shape index (κ2) is 2.83. The maximum absolute atomic E-state index is 7.98. The van der Waals surface area contributed by atoms with Crippen LogP contribution < -0.4 is 0 Å². The summed E-state index contributed by atoms with van der Waals surface area (Å²) in [5, 5.41) is 7.98. The largest absolute Gasteiger partial charge is 0.351 e. The van der Waals surface area contributed by atoms with E-state index < -0.39 is 0 Å². The average Bonchev–Trinajstić information content (AvgIpc) is 2.95. The van der Waals surface area contributed by atoms with Gasteiger partial charge in [0.15, 0.2) is 0 Å². The molecule has 0 spiro atoms. The van der Waals surface area contributed by atoms with Crippen LogP contribution in [0.4, 0.5) is 0 Å². The highest BCUT2D eigenvalue weighted by Gasteiger charge is 2.31. The zero-order chi connectivity index (χ0) is 9.54. The molecule has 1 saturated carbocycles. The Balaban J connectivity index is 1.77. The third-order valence-electron chi connectivity index (χ3n) is 3.05. The molecule has 1 aromatic rings. The van der Waals surface area contributed by atoms with E-state index in [1.165, 1.54) is 12.8 Å². The van der Waals surface area contributed by atoms with Gasteiger partial charge in [-0.15, -0.1) is 0 Å². The number of fused-ring (bicyclic) bond motifs is 1. The molecule has 14 heavy (non-hydrogen) atoms. The summed E-state index contributed by atoms with van der Waals surface area (Å²) in [6, 6.07) is 0. The van der Waals surface area contributed by atoms with Crippen molar-refractivity contribution < 1.29 is 0 Å². The molecular weight excluding hydrogens is 176 g/mol. The smallest absolute Gasteiger partial charge is 0.128 e. The van der Waals surface area contributed by atoms with Gasteiger partial charge in [-0.25, -0.2) is 4.98 Å². The number of hydrogen-bond acceptors (Lipinski definition) is 2. The fourth-order valence-corrected chi connectivity index (χ4v) is 1.99. The summed E-state index contributed by atoms with van der Waals surface area (Å²) in [7, 11) is 0. The lowest BCUT2D eigenvalue weighted by molar-refractivity contribution is 0.320. The molecule has 0 atom stereocenters. The van der Waals surface area contributed by atoms with E-state index in [4.69, 9.17) is 5.41 Å². The quantitative estimate of drug-likeness (QED) is 0.532. The molecule has 4 heteroatoms. The summed E-state index contributed by atoms with van der Waals surface area (Å²) < 4.78 is 2.18. The maximum atomic E-state index is 7.98. The molecule has 0 radical (unpaired) electrons. The van der Waals surface area contributed by atoms with Crippen molar-refractivity contribution in [2.24, 2.45) is 5.92 Å². The summed E-state index contributed by atoms with van der Waals surface area (Å²) in [5.74, 6) is 2.48. The molecular formula is C10H14N4. The van der Waals surface area contributed by atoms with Crippen LogP contribution >= 0.6 is 0 Å². The molecule has 0 unspecified atom stereocenters. The number of rotatable bonds is 1. The van der Waals surface area contributed by atoms with E-state index in [9.17, 15) is 0 Å². The molecule has 4 nitrogen and oxygen atoms in total. The first-order valence-corrected chi connectivity index (χ1v) is 5.18. The minimum atomic E-state index is 0.552. The van der Waals surface area contributed by atoms with Crippen molar-refractivity contribution in [2.45, 2.75) is 25.9 Å². The van der Waals surface area contributed by atoms with Crippen molar-refractivity contribution in [3.8, 4) is 0 Å². The molecule has 0 amide bonds. The molecule has 0 aromatic carbocycles. The Kier molecular flexibility index (Phi) is 1.63. The highest BCUT2D eigenvalue weighted by molar-refractivity contribution is 5.83. The number of imidazole rings is 1. The molecule has 1 aliphatic carbocycles. The van der Waals surface area contributed by atoms with Crippen LogP contribution in [-0.4, -0.2) is 26.8 Å². The van der Waals surface area contributed by atoms with E-state index in [2.05, 4.69) is 14.5 Å². The molecule has 1 N–H and O–H groups in total. The monoisotopic (exact) mass is 190 g/mol. The maximum Gasteiger partial charge on any atom is 0.128 e. The van der Waals surface area contributed by atoms with E-state index in [1.807, 2.05) is 12.4 Å². The summed E-state index contributed by atoms with van der Waals surface area (Å²) >= 11 is 0. The van der Waals surface area contributed by atoms with Crippen LogP contribution in [0, 0.1) is 11.3 Å². The third kappa shape index (κ3) is 1.22. The van der Waals surface area contributed by atoms with Crippen LogP contribution in [0.2, 0.25) is 0 Å². The van der Waals surface area contributed by atoms with Gasteiger partial charge in [-0.3, -0.25) is 5.41 Å². The first-order chi connectivity index (χ1) is 6.84. The Hall–Kier alpha value is -1.32. The van der Waals surface area contributed by atoms with Crippen LogP contribution in [0.15, 0.2) is 12.4 Å². The molecule has 1 aromatic heterocycles. The summed E-state index contributed by atoms with van der Waals surface area (Å²) in [6.45, 7) is 2.77. The zero-order valence-corrected chi connectivity index (χ0v) is 8.11. The van der Waals surface area contributed by atoms with Crippen molar-refractivity contribution in [2.75, 3.05) is 6.54 Å². The first-order valence-electron chi connectivity index (χ1n) is 5.18. The lowest BCUT2D eigenvalue weighted by Gasteiger charge is -2.29. The van der Waals surface area contributed by atoms with E-state index in [-0.39, 0.29) is 0 Å². The number of nitrogens with one attached hydrogen (secondary N) is 1. The third-order valence-corrected chi connectivity index (χ3v) is 3.05. The van der Waals surface area contributed by atoms with E-state index >= 15 is 0 Å². The van der Waals surface area contributed by atoms with Gasteiger partial charge in [0.05, 0.1) is 12.4 Å². The standard InChI is InChI=1S/C10H14N4/c11-10(8-1-2-8)14-6-5-13-4-3-12-9(13)7-14/h3-4,8,11H,1-2,5-7H2. The average molecular weight is 190 g/mol. The topological polar surface area (TPSA) is 44.9 Å². The van der Waals surface area contributed by atoms with Gasteiger partial charge in [0.25, 0.3) is 0 Å². The van der Waals surface area contributed by atoms with Crippen molar-refractivity contribution in [3.63, 3.8) is 0 Å². The molecule has 74 valence electrons. The van der Waals surface area contributed by atoms with Gasteiger partial charge >= 0.3 is 0 Å². The Morgan fingerprint density at radius 1 is 1.43 bits per heavy atom. The minimum absolute atomic E-state index is 0.552. The van der Waals surface area contributed by atoms with Crippen molar-refractivity contribution in [3.05, 3.63) is 18.2 Å². The van der Waals surface area contributed by atoms with Crippen LogP contribution in [-0.2, 0) is 13.1 Å². The molecule has 0 bridgehead atoms. The Labute approximate surface area is 83.1 Å². The van der Waals surface area contributed by atoms with Crippen LogP contribution in [0.25, 0.3) is 0 Å². The molecule has 2 heterocycles. The Bertz CT molecular complexity index is 364. The Morgan fingerprint density at radius 2 is 2.29 bits per heavy atom. The minimum Gasteiger partial charge on any atom is -0.351 e. The Morgan fingerprint density at radius 3 is 3.07 bits per heavy atom. The van der Waals surface area contributed by atoms with E-state index in [0.717, 1.165) is 31.3 Å². The number of hydrogen-bond donors (Lipinski definition) is 1. The van der Waals surface area contributed by atoms with Crippen molar-refractivity contribution in [1.82, 2.24) is 14.5 Å². The second-order valence-electron chi connectivity index (χ2n) is 4.12. The SMILES string of the molecule is N=C(C1CC1)N1CCn2ccnc2C1. The van der Waals surface area contributed by atoms with Gasteiger partial charge in [-0.2, -0.15) is 0 Å². The summed E-state index contributed by atoms with van der Waals surface area (Å²) in [6.07, 6.45) is 6.29.